The van der Waals surface area contributed by atoms with Crippen molar-refractivity contribution in [2.45, 2.75) is 147 Å². The molecule has 0 aromatic rings. The van der Waals surface area contributed by atoms with Crippen molar-refractivity contribution in [3.63, 3.8) is 0 Å². The van der Waals surface area contributed by atoms with Crippen LogP contribution in [0.3, 0.4) is 0 Å². The van der Waals surface area contributed by atoms with Crippen LogP contribution in [0, 0.1) is 0 Å². The monoisotopic (exact) mass is 484 g/mol. The topological polar surface area (TPSA) is 96.2 Å². The second-order valence-corrected chi connectivity index (χ2v) is 9.82. The predicted molar refractivity (Wildman–Crippen MR) is 137 cm³/mol. The first-order chi connectivity index (χ1) is 16.6. The fourth-order valence-electron chi connectivity index (χ4n) is 4.44. The summed E-state index contributed by atoms with van der Waals surface area (Å²) in [6.07, 6.45) is 22.3. The van der Waals surface area contributed by atoms with Gasteiger partial charge in [-0.2, -0.15) is 0 Å². The van der Waals surface area contributed by atoms with E-state index in [1.54, 1.807) is 0 Å². The maximum absolute atomic E-state index is 12.0. The molecule has 3 N–H and O–H groups in total. The molecule has 6 heteroatoms. The summed E-state index contributed by atoms with van der Waals surface area (Å²) in [5.74, 6) is -0.391. The van der Waals surface area contributed by atoms with Gasteiger partial charge < -0.3 is 24.8 Å². The quantitative estimate of drug-likeness (QED) is 0.105. The molecule has 1 rings (SSSR count). The van der Waals surface area contributed by atoms with Crippen LogP contribution < -0.4 is 0 Å². The van der Waals surface area contributed by atoms with E-state index in [9.17, 15) is 20.1 Å². The Bertz CT molecular complexity index is 509. The number of carbonyl (C=O) groups is 1. The molecule has 0 saturated carbocycles. The van der Waals surface area contributed by atoms with E-state index in [0.717, 1.165) is 19.3 Å². The molecule has 1 saturated heterocycles. The third-order valence-corrected chi connectivity index (χ3v) is 6.66. The number of rotatable bonds is 22. The maximum atomic E-state index is 12.0. The minimum Gasteiger partial charge on any atom is -0.457 e. The molecular formula is C28H52O6. The zero-order valence-electron chi connectivity index (χ0n) is 21.7. The molecular weight excluding hydrogens is 432 g/mol. The summed E-state index contributed by atoms with van der Waals surface area (Å²) >= 11 is 0. The summed E-state index contributed by atoms with van der Waals surface area (Å²) in [6, 6.07) is 0. The highest BCUT2D eigenvalue weighted by Crippen LogP contribution is 2.20. The number of hydrogen-bond donors (Lipinski definition) is 3. The van der Waals surface area contributed by atoms with Gasteiger partial charge in [0.15, 0.2) is 6.10 Å². The van der Waals surface area contributed by atoms with Gasteiger partial charge in [0.25, 0.3) is 0 Å². The molecule has 1 aliphatic heterocycles. The van der Waals surface area contributed by atoms with Gasteiger partial charge in [0.05, 0.1) is 13.2 Å². The Kier molecular flexibility index (Phi) is 19.5. The van der Waals surface area contributed by atoms with Crippen LogP contribution in [-0.2, 0) is 14.3 Å². The van der Waals surface area contributed by atoms with Crippen molar-refractivity contribution in [2.75, 3.05) is 13.2 Å². The fraction of sp³-hybridized carbons (Fsp3) is 0.893. The molecule has 0 bridgehead atoms. The van der Waals surface area contributed by atoms with E-state index < -0.39 is 37.0 Å². The van der Waals surface area contributed by atoms with Gasteiger partial charge in [-0.15, -0.1) is 0 Å². The Morgan fingerprint density at radius 1 is 0.853 bits per heavy atom. The standard InChI is InChI=1S/C28H52O6/c1-2-3-4-5-6-7-8-9-10-11-12-13-14-15-16-17-18-19-20-21-26(31)34-25(22-29)28-27(32)24(30)23-33-28/h9-10,24-25,27-30,32H,2-8,11-23H2,1H3/b10-9-/t24-,25+,27+,28+/m0/s1. The smallest absolute Gasteiger partial charge is 0.306 e. The summed E-state index contributed by atoms with van der Waals surface area (Å²) in [6.45, 7) is 1.81. The average molecular weight is 485 g/mol. The second-order valence-electron chi connectivity index (χ2n) is 9.82. The third kappa shape index (κ3) is 15.1. The number of aliphatic hydroxyl groups excluding tert-OH is 3. The molecule has 0 aromatic heterocycles. The predicted octanol–water partition coefficient (Wildman–Crippen LogP) is 5.61. The van der Waals surface area contributed by atoms with E-state index in [-0.39, 0.29) is 6.61 Å². The van der Waals surface area contributed by atoms with Crippen molar-refractivity contribution in [3.8, 4) is 0 Å². The SMILES string of the molecule is CCCCCCCC/C=C\CCCCCCCCCCCC(=O)O[C@H](CO)[C@H]1OC[C@H](O)[C@H]1O. The van der Waals surface area contributed by atoms with E-state index in [2.05, 4.69) is 19.1 Å². The highest BCUT2D eigenvalue weighted by molar-refractivity contribution is 5.69. The van der Waals surface area contributed by atoms with Crippen LogP contribution in [0.15, 0.2) is 12.2 Å². The first-order valence-electron chi connectivity index (χ1n) is 14.0. The van der Waals surface area contributed by atoms with E-state index in [4.69, 9.17) is 9.47 Å². The van der Waals surface area contributed by atoms with Crippen molar-refractivity contribution in [1.82, 2.24) is 0 Å². The van der Waals surface area contributed by atoms with E-state index in [1.165, 1.54) is 89.9 Å². The van der Waals surface area contributed by atoms with Gasteiger partial charge in [0.1, 0.15) is 18.3 Å². The molecule has 1 fully saturated rings. The van der Waals surface area contributed by atoms with E-state index >= 15 is 0 Å². The molecule has 0 radical (unpaired) electrons. The number of esters is 1. The van der Waals surface area contributed by atoms with Crippen LogP contribution in [-0.4, -0.2) is 58.9 Å². The lowest BCUT2D eigenvalue weighted by atomic mass is 10.1. The van der Waals surface area contributed by atoms with Crippen LogP contribution in [0.25, 0.3) is 0 Å². The number of allylic oxidation sites excluding steroid dienone is 2. The average Bonchev–Trinajstić information content (AvgIpc) is 3.17. The Hall–Kier alpha value is -0.950. The molecule has 0 spiro atoms. The Balaban J connectivity index is 1.86. The molecule has 200 valence electrons. The highest BCUT2D eigenvalue weighted by atomic mass is 16.6. The van der Waals surface area contributed by atoms with Crippen LogP contribution in [0.5, 0.6) is 0 Å². The van der Waals surface area contributed by atoms with Crippen LogP contribution in [0.2, 0.25) is 0 Å². The summed E-state index contributed by atoms with van der Waals surface area (Å²) in [7, 11) is 0. The Morgan fingerprint density at radius 2 is 1.35 bits per heavy atom. The van der Waals surface area contributed by atoms with Gasteiger partial charge in [-0.3, -0.25) is 4.79 Å². The zero-order chi connectivity index (χ0) is 24.9. The fourth-order valence-corrected chi connectivity index (χ4v) is 4.44. The number of aliphatic hydroxyl groups is 3. The third-order valence-electron chi connectivity index (χ3n) is 6.66. The molecule has 0 aliphatic carbocycles. The van der Waals surface area contributed by atoms with Crippen molar-refractivity contribution in [2.24, 2.45) is 0 Å². The number of carbonyl (C=O) groups excluding carboxylic acids is 1. The molecule has 4 atom stereocenters. The second kappa shape index (κ2) is 21.3. The van der Waals surface area contributed by atoms with Crippen LogP contribution in [0.4, 0.5) is 0 Å². The first-order valence-corrected chi connectivity index (χ1v) is 14.0. The summed E-state index contributed by atoms with van der Waals surface area (Å²) < 4.78 is 10.5. The lowest BCUT2D eigenvalue weighted by Gasteiger charge is -2.24. The van der Waals surface area contributed by atoms with Crippen LogP contribution >= 0.6 is 0 Å². The maximum Gasteiger partial charge on any atom is 0.306 e. The van der Waals surface area contributed by atoms with E-state index in [1.807, 2.05) is 0 Å². The van der Waals surface area contributed by atoms with E-state index in [0.29, 0.717) is 6.42 Å². The van der Waals surface area contributed by atoms with Crippen molar-refractivity contribution >= 4 is 5.97 Å². The lowest BCUT2D eigenvalue weighted by Crippen LogP contribution is -2.43. The van der Waals surface area contributed by atoms with Gasteiger partial charge in [-0.25, -0.2) is 0 Å². The minimum atomic E-state index is -1.14. The normalized spacial score (nSPS) is 21.4. The zero-order valence-corrected chi connectivity index (χ0v) is 21.7. The molecule has 0 amide bonds. The van der Waals surface area contributed by atoms with Crippen molar-refractivity contribution < 1.29 is 29.6 Å². The number of ether oxygens (including phenoxy) is 2. The molecule has 6 nitrogen and oxygen atoms in total. The van der Waals surface area contributed by atoms with Crippen molar-refractivity contribution in [3.05, 3.63) is 12.2 Å². The Labute approximate surface area is 208 Å². The summed E-state index contributed by atoms with van der Waals surface area (Å²) in [4.78, 5) is 12.0. The van der Waals surface area contributed by atoms with Gasteiger partial charge in [0, 0.05) is 6.42 Å². The number of hydrogen-bond acceptors (Lipinski definition) is 6. The minimum absolute atomic E-state index is 0.0176. The van der Waals surface area contributed by atoms with Gasteiger partial charge >= 0.3 is 5.97 Å². The Morgan fingerprint density at radius 3 is 1.82 bits per heavy atom. The molecule has 1 heterocycles. The van der Waals surface area contributed by atoms with Crippen molar-refractivity contribution in [1.29, 1.82) is 0 Å². The van der Waals surface area contributed by atoms with Gasteiger partial charge in [0.2, 0.25) is 0 Å². The first kappa shape index (κ1) is 31.1. The lowest BCUT2D eigenvalue weighted by molar-refractivity contribution is -0.162. The highest BCUT2D eigenvalue weighted by Gasteiger charge is 2.41. The summed E-state index contributed by atoms with van der Waals surface area (Å²) in [5, 5.41) is 28.8. The number of unbranched alkanes of at least 4 members (excludes halogenated alkanes) is 15. The molecule has 1 aliphatic rings. The molecule has 34 heavy (non-hydrogen) atoms. The summed E-state index contributed by atoms with van der Waals surface area (Å²) in [5.41, 5.74) is 0. The largest absolute Gasteiger partial charge is 0.457 e. The molecule has 0 aromatic carbocycles. The van der Waals surface area contributed by atoms with Gasteiger partial charge in [-0.05, 0) is 32.1 Å². The van der Waals surface area contributed by atoms with Crippen LogP contribution in [0.1, 0.15) is 122 Å². The van der Waals surface area contributed by atoms with Gasteiger partial charge in [-0.1, -0.05) is 96.1 Å². The molecule has 0 unspecified atom stereocenters.